The first-order chi connectivity index (χ1) is 9.90. The summed E-state index contributed by atoms with van der Waals surface area (Å²) < 4.78 is 21.7. The van der Waals surface area contributed by atoms with Crippen LogP contribution in [0.4, 0.5) is 0 Å². The molecule has 0 radical (unpaired) electrons. The largest absolute Gasteiger partial charge is 0.345 e. The summed E-state index contributed by atoms with van der Waals surface area (Å²) in [7, 11) is -1.84. The average molecular weight is 333 g/mol. The molecule has 0 bridgehead atoms. The number of hydrogen-bond donors (Lipinski definition) is 1. The van der Waals surface area contributed by atoms with E-state index in [2.05, 4.69) is 0 Å². The fraction of sp³-hybridized carbons (Fsp3) is 0.857. The van der Waals surface area contributed by atoms with Crippen molar-refractivity contribution in [1.82, 2.24) is 9.80 Å². The molecule has 0 spiro atoms. The molecule has 2 N–H and O–H groups in total. The lowest BCUT2D eigenvalue weighted by Crippen LogP contribution is -2.43. The van der Waals surface area contributed by atoms with E-state index >= 15 is 0 Å². The molecule has 0 aromatic carbocycles. The van der Waals surface area contributed by atoms with Crippen LogP contribution in [0.3, 0.4) is 0 Å². The van der Waals surface area contributed by atoms with E-state index in [1.54, 1.807) is 11.9 Å². The number of carbonyl (C=O) groups is 2. The second-order valence-corrected chi connectivity index (χ2v) is 8.72. The van der Waals surface area contributed by atoms with Crippen molar-refractivity contribution >= 4 is 21.8 Å². The highest BCUT2D eigenvalue weighted by atomic mass is 32.2. The molecule has 1 atom stereocenters. The number of amides is 2. The number of primary sulfonamides is 1. The van der Waals surface area contributed by atoms with Crippen molar-refractivity contribution in [3.63, 3.8) is 0 Å². The van der Waals surface area contributed by atoms with E-state index in [4.69, 9.17) is 5.14 Å². The topological polar surface area (TPSA) is 101 Å². The maximum Gasteiger partial charge on any atom is 0.223 e. The zero-order chi connectivity index (χ0) is 17.1. The number of rotatable bonds is 6. The maximum atomic E-state index is 12.0. The highest BCUT2D eigenvalue weighted by molar-refractivity contribution is 7.89. The summed E-state index contributed by atoms with van der Waals surface area (Å²) in [6.07, 6.45) is 0.822. The SMILES string of the molecule is CN(CC1CC(=O)N(C(C)(C)C)C1)C(=O)CCCS(N)(=O)=O. The zero-order valence-electron chi connectivity index (χ0n) is 13.8. The molecule has 1 saturated heterocycles. The van der Waals surface area contributed by atoms with Gasteiger partial charge in [0.05, 0.1) is 5.75 Å². The highest BCUT2D eigenvalue weighted by Gasteiger charge is 2.36. The van der Waals surface area contributed by atoms with Crippen LogP contribution in [-0.4, -0.2) is 61.5 Å². The molecule has 1 fully saturated rings. The Morgan fingerprint density at radius 3 is 2.45 bits per heavy atom. The van der Waals surface area contributed by atoms with Crippen LogP contribution < -0.4 is 5.14 Å². The summed E-state index contributed by atoms with van der Waals surface area (Å²) in [6, 6.07) is 0. The lowest BCUT2D eigenvalue weighted by molar-refractivity contribution is -0.132. The number of carbonyl (C=O) groups excluding carboxylic acids is 2. The Labute approximate surface area is 132 Å². The van der Waals surface area contributed by atoms with Gasteiger partial charge < -0.3 is 9.80 Å². The lowest BCUT2D eigenvalue weighted by atomic mass is 10.1. The minimum atomic E-state index is -3.52. The van der Waals surface area contributed by atoms with Gasteiger partial charge in [-0.25, -0.2) is 13.6 Å². The van der Waals surface area contributed by atoms with Gasteiger partial charge in [0.1, 0.15) is 0 Å². The van der Waals surface area contributed by atoms with Crippen LogP contribution in [-0.2, 0) is 19.6 Å². The summed E-state index contributed by atoms with van der Waals surface area (Å²) in [4.78, 5) is 27.4. The van der Waals surface area contributed by atoms with Crippen LogP contribution in [0, 0.1) is 5.92 Å². The highest BCUT2D eigenvalue weighted by Crippen LogP contribution is 2.26. The molecule has 1 heterocycles. The van der Waals surface area contributed by atoms with Gasteiger partial charge in [-0.2, -0.15) is 0 Å². The number of nitrogens with two attached hydrogens (primary N) is 1. The van der Waals surface area contributed by atoms with Crippen molar-refractivity contribution in [3.05, 3.63) is 0 Å². The summed E-state index contributed by atoms with van der Waals surface area (Å²) >= 11 is 0. The van der Waals surface area contributed by atoms with E-state index in [9.17, 15) is 18.0 Å². The van der Waals surface area contributed by atoms with Crippen LogP contribution in [0.5, 0.6) is 0 Å². The summed E-state index contributed by atoms with van der Waals surface area (Å²) in [5, 5.41) is 4.91. The van der Waals surface area contributed by atoms with Crippen molar-refractivity contribution in [2.45, 2.75) is 45.6 Å². The minimum absolute atomic E-state index is 0.118. The maximum absolute atomic E-state index is 12.0. The smallest absolute Gasteiger partial charge is 0.223 e. The number of sulfonamides is 1. The van der Waals surface area contributed by atoms with Crippen molar-refractivity contribution in [1.29, 1.82) is 0 Å². The molecular formula is C14H27N3O4S. The van der Waals surface area contributed by atoms with Crippen LogP contribution in [0.25, 0.3) is 0 Å². The monoisotopic (exact) mass is 333 g/mol. The van der Waals surface area contributed by atoms with Crippen molar-refractivity contribution in [2.24, 2.45) is 11.1 Å². The molecule has 0 saturated carbocycles. The fourth-order valence-electron chi connectivity index (χ4n) is 2.66. The van der Waals surface area contributed by atoms with Crippen LogP contribution >= 0.6 is 0 Å². The molecule has 128 valence electrons. The number of likely N-dealkylation sites (tertiary alicyclic amines) is 1. The Kier molecular flexibility index (Phi) is 5.97. The van der Waals surface area contributed by atoms with E-state index in [0.29, 0.717) is 19.5 Å². The molecule has 1 rings (SSSR count). The van der Waals surface area contributed by atoms with Gasteiger partial charge in [-0.1, -0.05) is 0 Å². The van der Waals surface area contributed by atoms with E-state index in [0.717, 1.165) is 0 Å². The third-order valence-electron chi connectivity index (χ3n) is 3.79. The van der Waals surface area contributed by atoms with Crippen LogP contribution in [0.2, 0.25) is 0 Å². The Bertz CT molecular complexity index is 525. The summed E-state index contributed by atoms with van der Waals surface area (Å²) in [5.41, 5.74) is -0.204. The molecule has 0 aromatic rings. The van der Waals surface area contributed by atoms with Crippen LogP contribution in [0.1, 0.15) is 40.0 Å². The predicted octanol–water partition coefficient (Wildman–Crippen LogP) is 0.161. The third kappa shape index (κ3) is 5.92. The van der Waals surface area contributed by atoms with Gasteiger partial charge in [-0.3, -0.25) is 9.59 Å². The van der Waals surface area contributed by atoms with Gasteiger partial charge in [0.25, 0.3) is 0 Å². The van der Waals surface area contributed by atoms with E-state index in [1.165, 1.54) is 0 Å². The molecule has 1 aliphatic rings. The molecule has 1 aliphatic heterocycles. The molecule has 0 aliphatic carbocycles. The molecule has 1 unspecified atom stereocenters. The van der Waals surface area contributed by atoms with Crippen molar-refractivity contribution in [3.8, 4) is 0 Å². The van der Waals surface area contributed by atoms with E-state index in [-0.39, 0.29) is 41.9 Å². The third-order valence-corrected chi connectivity index (χ3v) is 4.65. The molecular weight excluding hydrogens is 306 g/mol. The normalized spacial score (nSPS) is 19.6. The Morgan fingerprint density at radius 1 is 1.41 bits per heavy atom. The second-order valence-electron chi connectivity index (χ2n) is 6.99. The van der Waals surface area contributed by atoms with Crippen molar-refractivity contribution in [2.75, 3.05) is 25.9 Å². The van der Waals surface area contributed by atoms with Gasteiger partial charge in [-0.05, 0) is 27.2 Å². The standard InChI is InChI=1S/C14H27N3O4S/c1-14(2,3)17-10-11(8-13(17)19)9-16(4)12(18)6-5-7-22(15,20)21/h11H,5-10H2,1-4H3,(H2,15,20,21). The summed E-state index contributed by atoms with van der Waals surface area (Å²) in [5.74, 6) is -0.0662. The first-order valence-corrected chi connectivity index (χ1v) is 9.16. The minimum Gasteiger partial charge on any atom is -0.345 e. The Morgan fingerprint density at radius 2 is 2.00 bits per heavy atom. The Hall–Kier alpha value is -1.15. The van der Waals surface area contributed by atoms with Gasteiger partial charge in [0.15, 0.2) is 0 Å². The first-order valence-electron chi connectivity index (χ1n) is 7.45. The average Bonchev–Trinajstić information content (AvgIpc) is 2.68. The first kappa shape index (κ1) is 18.9. The molecule has 7 nitrogen and oxygen atoms in total. The second kappa shape index (κ2) is 6.95. The van der Waals surface area contributed by atoms with Gasteiger partial charge in [0, 0.05) is 44.4 Å². The van der Waals surface area contributed by atoms with Gasteiger partial charge >= 0.3 is 0 Å². The van der Waals surface area contributed by atoms with Crippen molar-refractivity contribution < 1.29 is 18.0 Å². The predicted molar refractivity (Wildman–Crippen MR) is 84.4 cm³/mol. The van der Waals surface area contributed by atoms with E-state index in [1.807, 2.05) is 25.7 Å². The fourth-order valence-corrected chi connectivity index (χ4v) is 3.20. The van der Waals surface area contributed by atoms with Gasteiger partial charge in [-0.15, -0.1) is 0 Å². The number of nitrogens with zero attached hydrogens (tertiary/aromatic N) is 2. The van der Waals surface area contributed by atoms with Gasteiger partial charge in [0.2, 0.25) is 21.8 Å². The number of hydrogen-bond acceptors (Lipinski definition) is 4. The Balaban J connectivity index is 2.44. The quantitative estimate of drug-likeness (QED) is 0.748. The molecule has 8 heteroatoms. The molecule has 2 amide bonds. The summed E-state index contributed by atoms with van der Waals surface area (Å²) in [6.45, 7) is 7.14. The van der Waals surface area contributed by atoms with E-state index < -0.39 is 10.0 Å². The molecule has 22 heavy (non-hydrogen) atoms. The zero-order valence-corrected chi connectivity index (χ0v) is 14.6. The van der Waals surface area contributed by atoms with Crippen LogP contribution in [0.15, 0.2) is 0 Å². The molecule has 0 aromatic heterocycles. The lowest BCUT2D eigenvalue weighted by Gasteiger charge is -2.32.